The minimum atomic E-state index is -5.31. The molecule has 16 heavy (non-hydrogen) atoms. The van der Waals surface area contributed by atoms with Crippen LogP contribution in [0.5, 0.6) is 0 Å². The van der Waals surface area contributed by atoms with Crippen molar-refractivity contribution in [2.45, 2.75) is 0 Å². The summed E-state index contributed by atoms with van der Waals surface area (Å²) in [5.41, 5.74) is 0. The molecule has 0 atom stereocenters. The Morgan fingerprint density at radius 3 is 1.06 bits per heavy atom. The van der Waals surface area contributed by atoms with Crippen LogP contribution >= 0.6 is 0 Å². The summed E-state index contributed by atoms with van der Waals surface area (Å²) < 4.78 is 61.5. The van der Waals surface area contributed by atoms with Crippen LogP contribution in [0.15, 0.2) is 0 Å². The van der Waals surface area contributed by atoms with Crippen LogP contribution in [0.3, 0.4) is 0 Å². The van der Waals surface area contributed by atoms with E-state index in [2.05, 4.69) is 8.67 Å². The number of carboxylic acid groups (broad SMARTS) is 1. The third kappa shape index (κ3) is 47.9. The van der Waals surface area contributed by atoms with Crippen LogP contribution in [0.2, 0.25) is 0 Å². The van der Waals surface area contributed by atoms with Crippen LogP contribution in [0.1, 0.15) is 0 Å². The van der Waals surface area contributed by atoms with E-state index in [4.69, 9.17) is 9.90 Å². The molecule has 0 aliphatic carbocycles. The maximum Gasteiger partial charge on any atom is 1.00 e. The molecule has 0 aliphatic rings. The molecular formula is CH9N2NaO10S2. The Balaban J connectivity index is -0.0000000606. The molecule has 0 aromatic rings. The fraction of sp³-hybridized carbons (Fsp3) is 0. The summed E-state index contributed by atoms with van der Waals surface area (Å²) in [5, 5.41) is 8.25. The third-order valence-electron chi connectivity index (χ3n) is 0.194. The van der Waals surface area contributed by atoms with Gasteiger partial charge in [0.1, 0.15) is 0 Å². The van der Waals surface area contributed by atoms with Gasteiger partial charge in [-0.3, -0.25) is 0 Å². The molecule has 0 rings (SSSR count). The Morgan fingerprint density at radius 2 is 1.00 bits per heavy atom. The van der Waals surface area contributed by atoms with Crippen LogP contribution in [0.25, 0.3) is 0 Å². The van der Waals surface area contributed by atoms with E-state index in [1.807, 2.05) is 0 Å². The maximum absolute atomic E-state index is 9.37. The molecule has 0 heterocycles. The van der Waals surface area contributed by atoms with E-state index in [0.717, 1.165) is 0 Å². The van der Waals surface area contributed by atoms with Crippen molar-refractivity contribution in [2.24, 2.45) is 0 Å². The van der Waals surface area contributed by atoms with Gasteiger partial charge in [0.2, 0.25) is 20.8 Å². The molecule has 0 bridgehead atoms. The van der Waals surface area contributed by atoms with Gasteiger partial charge in [0, 0.05) is 6.47 Å². The van der Waals surface area contributed by atoms with E-state index >= 15 is 0 Å². The van der Waals surface area contributed by atoms with Gasteiger partial charge < -0.3 is 31.3 Å². The molecule has 0 radical (unpaired) electrons. The van der Waals surface area contributed by atoms with E-state index < -0.39 is 27.3 Å². The van der Waals surface area contributed by atoms with Gasteiger partial charge in [0.05, 0.1) is 0 Å². The molecule has 0 aromatic carbocycles. The summed E-state index contributed by atoms with van der Waals surface area (Å²) in [6.45, 7) is -0.500. The van der Waals surface area contributed by atoms with Gasteiger partial charge in [0.15, 0.2) is 0 Å². The Labute approximate surface area is 113 Å². The largest absolute Gasteiger partial charge is 1.00 e. The molecule has 0 saturated carbocycles. The number of rotatable bonds is 3. The minimum Gasteiger partial charge on any atom is -0.724 e. The van der Waals surface area contributed by atoms with Crippen molar-refractivity contribution in [1.29, 1.82) is 0 Å². The summed E-state index contributed by atoms with van der Waals surface area (Å²) in [6.07, 6.45) is 0. The molecular weight excluding hydrogens is 287 g/mol. The second kappa shape index (κ2) is 13.2. The van der Waals surface area contributed by atoms with Gasteiger partial charge in [-0.1, -0.05) is 0 Å². The molecule has 0 unspecified atom stereocenters. The molecule has 8 N–H and O–H groups in total. The summed E-state index contributed by atoms with van der Waals surface area (Å²) in [4.78, 5) is 8.25. The van der Waals surface area contributed by atoms with Crippen molar-refractivity contribution >= 4 is 27.3 Å². The van der Waals surface area contributed by atoms with Crippen molar-refractivity contribution < 1.29 is 74.1 Å². The molecule has 0 fully saturated rings. The average molecular weight is 296 g/mol. The Bertz CT molecular complexity index is 300. The zero-order chi connectivity index (χ0) is 11.1. The first-order valence-electron chi connectivity index (χ1n) is 1.97. The van der Waals surface area contributed by atoms with Crippen LogP contribution < -0.4 is 47.0 Å². The van der Waals surface area contributed by atoms with Crippen LogP contribution in [0, 0.1) is 0 Å². The predicted molar refractivity (Wildman–Crippen MR) is 39.6 cm³/mol. The van der Waals surface area contributed by atoms with Crippen molar-refractivity contribution in [3.8, 4) is 0 Å². The van der Waals surface area contributed by atoms with Crippen molar-refractivity contribution in [2.75, 3.05) is 0 Å². The van der Waals surface area contributed by atoms with Crippen molar-refractivity contribution in [3.63, 3.8) is 0 Å². The quantitative estimate of drug-likeness (QED) is 0.124. The van der Waals surface area contributed by atoms with Crippen molar-refractivity contribution in [3.05, 3.63) is 0 Å². The molecule has 12 nitrogen and oxygen atoms in total. The molecule has 0 aliphatic heterocycles. The van der Waals surface area contributed by atoms with Gasteiger partial charge in [-0.05, 0) is 0 Å². The zero-order valence-electron chi connectivity index (χ0n) is 8.48. The van der Waals surface area contributed by atoms with E-state index in [1.54, 1.807) is 0 Å². The van der Waals surface area contributed by atoms with Crippen LogP contribution in [-0.4, -0.2) is 32.4 Å². The Morgan fingerprint density at radius 1 is 0.875 bits per heavy atom. The minimum absolute atomic E-state index is 0. The number of carbonyl (C=O) groups is 1. The Kier molecular flexibility index (Phi) is 24.6. The smallest absolute Gasteiger partial charge is 0.724 e. The molecule has 0 aromatic heterocycles. The molecule has 0 saturated heterocycles. The topological polar surface area (TPSA) is 246 Å². The van der Waals surface area contributed by atoms with E-state index in [0.29, 0.717) is 0 Å². The molecule has 15 heteroatoms. The summed E-state index contributed by atoms with van der Waals surface area (Å²) in [6, 6.07) is 0. The number of hydrogen-bond donors (Lipinski definition) is 2. The molecule has 0 amide bonds. The van der Waals surface area contributed by atoms with Gasteiger partial charge in [-0.15, -0.1) is 8.67 Å². The van der Waals surface area contributed by atoms with E-state index in [-0.39, 0.29) is 41.9 Å². The van der Waals surface area contributed by atoms with Crippen molar-refractivity contribution in [1.82, 2.24) is 12.3 Å². The fourth-order valence-corrected chi connectivity index (χ4v) is 0.612. The normalized spacial score (nSPS) is 9.12. The van der Waals surface area contributed by atoms with Gasteiger partial charge in [-0.25, -0.2) is 16.8 Å². The van der Waals surface area contributed by atoms with Crippen LogP contribution in [-0.2, 0) is 34.3 Å². The first kappa shape index (κ1) is 29.8. The second-order valence-corrected chi connectivity index (χ2v) is 2.95. The van der Waals surface area contributed by atoms with E-state index in [9.17, 15) is 25.9 Å². The van der Waals surface area contributed by atoms with Gasteiger partial charge >= 0.3 is 29.6 Å². The summed E-state index contributed by atoms with van der Waals surface area (Å²) in [7, 11) is -10.6. The third-order valence-corrected chi connectivity index (χ3v) is 0.750. The summed E-state index contributed by atoms with van der Waals surface area (Å²) in [5.74, 6) is 0. The first-order valence-corrected chi connectivity index (χ1v) is 4.64. The number of hydrogen-bond acceptors (Lipinski definition) is 10. The average Bonchev–Trinajstić information content (AvgIpc) is 1.82. The first-order chi connectivity index (χ1) is 5.62. The second-order valence-electron chi connectivity index (χ2n) is 1.05. The SMILES string of the molecule is O=C[O-].O=S(=O)([O-])OOS(=O)(=O)[O-].[NH4+].[NH4+].[Na+]. The number of carbonyl (C=O) groups excluding carboxylic acids is 1. The van der Waals surface area contributed by atoms with E-state index in [1.165, 1.54) is 0 Å². The molecule has 0 spiro atoms. The number of quaternary nitrogens is 2. The zero-order valence-corrected chi connectivity index (χ0v) is 12.1. The summed E-state index contributed by atoms with van der Waals surface area (Å²) >= 11 is 0. The molecule has 96 valence electrons. The maximum atomic E-state index is 9.37. The predicted octanol–water partition coefficient (Wildman–Crippen LogP) is -6.02. The monoisotopic (exact) mass is 296 g/mol. The standard InChI is InChI=1S/CH2O2.2H3N.Na.H2O8S2/c2-1-3;;;;1-9(2,3)7-8-10(4,5)6/h1H,(H,2,3);2*1H3;;(H,1,2,3)(H,4,5,6)/q;;;+1;/p-1. The van der Waals surface area contributed by atoms with Gasteiger partial charge in [0.25, 0.3) is 0 Å². The fourth-order valence-electron chi connectivity index (χ4n) is 0.0680. The van der Waals surface area contributed by atoms with Crippen LogP contribution in [0.4, 0.5) is 0 Å². The van der Waals surface area contributed by atoms with Gasteiger partial charge in [-0.2, -0.15) is 0 Å². The Hall–Kier alpha value is 0.130.